The standard InChI is InChI=1S/2CH2O3.3Ca.H3O4P/c2*2-1(3)4;;;;1-5(2,3)4/h2*(H2,2,3,4);;;;(H3,1,2,3,4)/q;;3*+2;/p-6. The second-order valence-electron chi connectivity index (χ2n) is 0.969. The number of carbonyl (C=O) groups excluding carboxylic acids is 2. The predicted molar refractivity (Wildman–Crippen MR) is 37.9 cm³/mol. The minimum absolute atomic E-state index is 0. The first kappa shape index (κ1) is 36.2. The van der Waals surface area contributed by atoms with Gasteiger partial charge in [-0.1, -0.05) is 0 Å². The van der Waals surface area contributed by atoms with Gasteiger partial charge in [-0.2, -0.15) is 0 Å². The molecule has 14 heteroatoms. The van der Waals surface area contributed by atoms with Gasteiger partial charge in [0.05, 0.1) is 7.82 Å². The third kappa shape index (κ3) is 663. The maximum Gasteiger partial charge on any atom is 2.00 e. The normalized spacial score (nSPS) is 6.69. The topological polar surface area (TPSA) is 210 Å². The molecule has 0 bridgehead atoms. The molecule has 0 amide bonds. The summed E-state index contributed by atoms with van der Waals surface area (Å²) in [6, 6.07) is 0. The first-order valence-corrected chi connectivity index (χ1v) is 3.47. The molecule has 0 heterocycles. The van der Waals surface area contributed by atoms with E-state index in [0.29, 0.717) is 0 Å². The van der Waals surface area contributed by atoms with Gasteiger partial charge in [0, 0.05) is 0 Å². The first-order valence-electron chi connectivity index (χ1n) is 1.97. The molecule has 10 nitrogen and oxygen atoms in total. The Morgan fingerprint density at radius 1 is 0.812 bits per heavy atom. The number of hydrogen-bond donors (Lipinski definition) is 1. The predicted octanol–water partition coefficient (Wildman–Crippen LogP) is -8.23. The maximum absolute atomic E-state index is 8.66. The fourth-order valence-electron chi connectivity index (χ4n) is 0. The van der Waals surface area contributed by atoms with Crippen molar-refractivity contribution >= 4 is 133 Å². The van der Waals surface area contributed by atoms with Crippen molar-refractivity contribution in [3.63, 3.8) is 0 Å². The Bertz CT molecular complexity index is 172. The van der Waals surface area contributed by atoms with E-state index in [1.165, 1.54) is 0 Å². The third-order valence-electron chi connectivity index (χ3n) is 0. The van der Waals surface area contributed by atoms with E-state index in [9.17, 15) is 0 Å². The van der Waals surface area contributed by atoms with Crippen molar-refractivity contribution in [1.29, 1.82) is 0 Å². The molecule has 0 aromatic heterocycles. The second-order valence-corrected chi connectivity index (χ2v) is 1.91. The average molecular weight is 336 g/mol. The molecule has 0 aromatic rings. The van der Waals surface area contributed by atoms with Crippen LogP contribution in [0.3, 0.4) is 0 Å². The van der Waals surface area contributed by atoms with Crippen molar-refractivity contribution in [3.8, 4) is 0 Å². The van der Waals surface area contributed by atoms with Gasteiger partial charge >= 0.3 is 113 Å². The van der Waals surface area contributed by atoms with Crippen LogP contribution in [0, 0.1) is 0 Å². The summed E-state index contributed by atoms with van der Waals surface area (Å²) in [6.45, 7) is 0. The van der Waals surface area contributed by atoms with Crippen LogP contribution in [0.15, 0.2) is 0 Å². The van der Waals surface area contributed by atoms with Crippen molar-refractivity contribution in [2.45, 2.75) is 0 Å². The van der Waals surface area contributed by atoms with Crippen LogP contribution in [0.25, 0.3) is 0 Å². The van der Waals surface area contributed by atoms with Crippen LogP contribution in [0.1, 0.15) is 0 Å². The van der Waals surface area contributed by atoms with E-state index >= 15 is 0 Å². The molecular formula is C2HCa3O10P. The van der Waals surface area contributed by atoms with Crippen LogP contribution in [0.5, 0.6) is 0 Å². The number of hydrogen-bond acceptors (Lipinski definition) is 9. The van der Waals surface area contributed by atoms with Crippen LogP contribution in [0.4, 0.5) is 9.59 Å². The average Bonchev–Trinajstić information content (AvgIpc) is 1.50. The fraction of sp³-hybridized carbons (Fsp3) is 0. The van der Waals surface area contributed by atoms with E-state index in [4.69, 9.17) is 49.3 Å². The molecule has 1 N–H and O–H groups in total. The molecule has 0 aliphatic rings. The van der Waals surface area contributed by atoms with Crippen molar-refractivity contribution < 1.29 is 49.3 Å². The molecule has 0 saturated heterocycles. The first-order chi connectivity index (χ1) is 5.46. The van der Waals surface area contributed by atoms with Crippen molar-refractivity contribution in [2.75, 3.05) is 0 Å². The summed E-state index contributed by atoms with van der Waals surface area (Å²) < 4.78 is 8.66. The van der Waals surface area contributed by atoms with Crippen LogP contribution < -0.4 is 30.2 Å². The zero-order valence-corrected chi connectivity index (χ0v) is 15.2. The van der Waals surface area contributed by atoms with E-state index in [1.807, 2.05) is 0 Å². The van der Waals surface area contributed by atoms with Crippen LogP contribution in [-0.2, 0) is 4.57 Å². The molecular weight excluding hydrogens is 335 g/mol. The van der Waals surface area contributed by atoms with Crippen molar-refractivity contribution in [2.24, 2.45) is 0 Å². The number of rotatable bonds is 0. The molecule has 0 atom stereocenters. The Balaban J connectivity index is -0.0000000216. The van der Waals surface area contributed by atoms with E-state index in [1.54, 1.807) is 0 Å². The van der Waals surface area contributed by atoms with Gasteiger partial charge in [-0.3, -0.25) is 0 Å². The Kier molecular flexibility index (Phi) is 51.2. The molecule has 0 spiro atoms. The zero-order chi connectivity index (χ0) is 11.7. The number of carboxylic acid groups (broad SMARTS) is 4. The summed E-state index contributed by atoms with van der Waals surface area (Å²) in [5.74, 6) is 0. The van der Waals surface area contributed by atoms with Crippen LogP contribution in [0.2, 0.25) is 0 Å². The van der Waals surface area contributed by atoms with Gasteiger partial charge < -0.3 is 49.3 Å². The monoisotopic (exact) mass is 336 g/mol. The summed E-state index contributed by atoms with van der Waals surface area (Å²) in [7, 11) is -5.14. The van der Waals surface area contributed by atoms with Crippen LogP contribution in [-0.4, -0.2) is 130 Å². The van der Waals surface area contributed by atoms with Crippen molar-refractivity contribution in [3.05, 3.63) is 0 Å². The van der Waals surface area contributed by atoms with E-state index in [-0.39, 0.29) is 113 Å². The fourth-order valence-corrected chi connectivity index (χ4v) is 0. The Morgan fingerprint density at radius 3 is 0.812 bits per heavy atom. The van der Waals surface area contributed by atoms with Gasteiger partial charge in [-0.05, 0) is 12.3 Å². The van der Waals surface area contributed by atoms with Crippen LogP contribution >= 0.6 is 7.82 Å². The molecule has 0 rings (SSSR count). The van der Waals surface area contributed by atoms with Gasteiger partial charge in [-0.15, -0.1) is 0 Å². The number of carbonyl (C=O) groups is 2. The summed E-state index contributed by atoms with van der Waals surface area (Å²) in [5, 5.41) is 33.3. The van der Waals surface area contributed by atoms with Gasteiger partial charge in [0.2, 0.25) is 0 Å². The molecule has 0 aliphatic carbocycles. The smallest absolute Gasteiger partial charge is 0.790 e. The molecule has 0 unspecified atom stereocenters. The molecule has 0 aliphatic heterocycles. The molecule has 0 radical (unpaired) electrons. The number of phosphoric acid groups is 1. The Hall–Kier alpha value is 2.43. The van der Waals surface area contributed by atoms with Gasteiger partial charge in [0.1, 0.15) is 0 Å². The van der Waals surface area contributed by atoms with Gasteiger partial charge in [0.15, 0.2) is 0 Å². The largest absolute Gasteiger partial charge is 2.00 e. The summed E-state index contributed by atoms with van der Waals surface area (Å²) in [5.41, 5.74) is 0. The van der Waals surface area contributed by atoms with Gasteiger partial charge in [0.25, 0.3) is 0 Å². The zero-order valence-electron chi connectivity index (χ0n) is 7.69. The summed E-state index contributed by atoms with van der Waals surface area (Å²) >= 11 is 0. The third-order valence-corrected chi connectivity index (χ3v) is 0. The van der Waals surface area contributed by atoms with Crippen molar-refractivity contribution in [1.82, 2.24) is 0 Å². The Labute approximate surface area is 179 Å². The minimum atomic E-state index is -5.14. The van der Waals surface area contributed by atoms with E-state index < -0.39 is 20.1 Å². The SMILES string of the molecule is O=C([O-])[O-].O=C([O-])[O-].O=P([O-])([O-])O.[Ca+2].[Ca+2].[Ca+2]. The summed E-state index contributed by atoms with van der Waals surface area (Å²) in [6.07, 6.45) is -4.67. The van der Waals surface area contributed by atoms with E-state index in [2.05, 4.69) is 0 Å². The summed E-state index contributed by atoms with van der Waals surface area (Å²) in [4.78, 5) is 41.0. The molecule has 0 fully saturated rings. The molecule has 16 heavy (non-hydrogen) atoms. The van der Waals surface area contributed by atoms with E-state index in [0.717, 1.165) is 0 Å². The van der Waals surface area contributed by atoms with Gasteiger partial charge in [-0.25, -0.2) is 0 Å². The molecule has 80 valence electrons. The minimum Gasteiger partial charge on any atom is -0.790 e. The Morgan fingerprint density at radius 2 is 0.812 bits per heavy atom. The molecule has 0 saturated carbocycles. The molecule has 0 aromatic carbocycles. The second kappa shape index (κ2) is 22.6. The maximum atomic E-state index is 8.66. The quantitative estimate of drug-likeness (QED) is 0.326.